The lowest BCUT2D eigenvalue weighted by Gasteiger charge is -2.69. The average Bonchev–Trinajstić information content (AvgIpc) is 3.41. The van der Waals surface area contributed by atoms with E-state index in [4.69, 9.17) is 16.2 Å². The Morgan fingerprint density at radius 1 is 1.00 bits per heavy atom. The molecule has 1 unspecified atom stereocenters. The number of rotatable bonds is 3. The van der Waals surface area contributed by atoms with E-state index in [1.807, 2.05) is 0 Å². The molecule has 5 rings (SSSR count). The lowest BCUT2D eigenvalue weighted by molar-refractivity contribution is -0.196. The van der Waals surface area contributed by atoms with E-state index < -0.39 is 18.2 Å². The molecule has 0 aromatic heterocycles. The van der Waals surface area contributed by atoms with Crippen molar-refractivity contribution in [2.75, 3.05) is 0 Å². The van der Waals surface area contributed by atoms with Gasteiger partial charge in [0.25, 0.3) is 0 Å². The predicted molar refractivity (Wildman–Crippen MR) is 150 cm³/mol. The van der Waals surface area contributed by atoms with Crippen LogP contribution >= 0.6 is 0 Å². The number of esters is 1. The molecule has 0 aromatic carbocycles. The van der Waals surface area contributed by atoms with Gasteiger partial charge in [0.05, 0.1) is 6.10 Å². The Hall–Kier alpha value is -1.70. The third-order valence-corrected chi connectivity index (χ3v) is 12.7. The number of ether oxygens (including phenoxy) is 1. The predicted octanol–water partition coefficient (Wildman–Crippen LogP) is 4.71. The molecule has 6 N–H and O–H groups in total. The number of aliphatic hydroxyl groups excluding tert-OH is 1. The number of hydrogen-bond donors (Lipinski definition) is 4. The average molecular weight is 543 g/mol. The van der Waals surface area contributed by atoms with Gasteiger partial charge in [-0.1, -0.05) is 31.9 Å². The zero-order chi connectivity index (χ0) is 28.7. The summed E-state index contributed by atoms with van der Waals surface area (Å²) in [6.07, 6.45) is 6.22. The summed E-state index contributed by atoms with van der Waals surface area (Å²) in [5.74, 6) is -0.969. The summed E-state index contributed by atoms with van der Waals surface area (Å²) in [4.78, 5) is 25.4. The fourth-order valence-corrected chi connectivity index (χ4v) is 10.8. The summed E-state index contributed by atoms with van der Waals surface area (Å²) in [5.41, 5.74) is 17.2. The van der Waals surface area contributed by atoms with Crippen LogP contribution in [0.4, 0.5) is 0 Å². The molecule has 11 atom stereocenters. The van der Waals surface area contributed by atoms with Gasteiger partial charge in [0, 0.05) is 24.6 Å². The minimum absolute atomic E-state index is 0.0528. The van der Waals surface area contributed by atoms with Crippen LogP contribution in [0.3, 0.4) is 0 Å². The first kappa shape index (κ1) is 28.8. The SMILES string of the molecule is CC(=O)O[C@H]1C[C@@]2(C)[C@@H](C[C@@H](N)[C@H]3[C@@]4(C)CC[C@@H](O)[C@@H](N)[C@@H]4CC[C@@]32C)/C1=C(/C(=O)O)C1CCC(=C(C)C)C1. The summed E-state index contributed by atoms with van der Waals surface area (Å²) in [6, 6.07) is -0.370. The minimum Gasteiger partial charge on any atom is -0.478 e. The first-order chi connectivity index (χ1) is 18.2. The molecule has 218 valence electrons. The van der Waals surface area contributed by atoms with Crippen molar-refractivity contribution >= 4 is 11.9 Å². The van der Waals surface area contributed by atoms with Crippen molar-refractivity contribution in [2.24, 2.45) is 51.4 Å². The quantitative estimate of drug-likeness (QED) is 0.230. The largest absolute Gasteiger partial charge is 0.478 e. The maximum atomic E-state index is 13.0. The van der Waals surface area contributed by atoms with Crippen molar-refractivity contribution in [2.45, 2.75) is 124 Å². The van der Waals surface area contributed by atoms with Crippen LogP contribution in [0.2, 0.25) is 0 Å². The van der Waals surface area contributed by atoms with E-state index in [0.717, 1.165) is 44.1 Å². The summed E-state index contributed by atoms with van der Waals surface area (Å²) < 4.78 is 6.00. The van der Waals surface area contributed by atoms with Crippen molar-refractivity contribution in [1.29, 1.82) is 0 Å². The number of aliphatic hydroxyl groups is 1. The fraction of sp³-hybridized carbons (Fsp3) is 0.812. The molecule has 0 heterocycles. The van der Waals surface area contributed by atoms with Gasteiger partial charge in [-0.3, -0.25) is 4.79 Å². The van der Waals surface area contributed by atoms with Crippen LogP contribution in [-0.2, 0) is 14.3 Å². The number of carboxylic acid groups (broad SMARTS) is 1. The third kappa shape index (κ3) is 4.16. The lowest BCUT2D eigenvalue weighted by Crippen LogP contribution is -2.69. The van der Waals surface area contributed by atoms with Crippen LogP contribution in [0.1, 0.15) is 99.3 Å². The highest BCUT2D eigenvalue weighted by Gasteiger charge is 2.70. The van der Waals surface area contributed by atoms with Crippen molar-refractivity contribution in [3.8, 4) is 0 Å². The first-order valence-electron chi connectivity index (χ1n) is 15.1. The molecule has 39 heavy (non-hydrogen) atoms. The van der Waals surface area contributed by atoms with Crippen molar-refractivity contribution in [3.63, 3.8) is 0 Å². The summed E-state index contributed by atoms with van der Waals surface area (Å²) >= 11 is 0. The molecule has 0 saturated heterocycles. The van der Waals surface area contributed by atoms with E-state index in [1.54, 1.807) is 0 Å². The van der Waals surface area contributed by atoms with Gasteiger partial charge in [-0.05, 0) is 117 Å². The number of carbonyl (C=O) groups is 2. The highest BCUT2D eigenvalue weighted by molar-refractivity contribution is 5.89. The second-order valence-corrected chi connectivity index (χ2v) is 14.6. The second-order valence-electron chi connectivity index (χ2n) is 14.6. The van der Waals surface area contributed by atoms with Crippen molar-refractivity contribution in [1.82, 2.24) is 0 Å². The number of aliphatic carboxylic acids is 1. The van der Waals surface area contributed by atoms with Crippen LogP contribution in [0.25, 0.3) is 0 Å². The Balaban J connectivity index is 1.63. The molecular formula is C32H50N2O5. The van der Waals surface area contributed by atoms with Gasteiger partial charge < -0.3 is 26.4 Å². The van der Waals surface area contributed by atoms with Gasteiger partial charge in [0.15, 0.2) is 0 Å². The van der Waals surface area contributed by atoms with E-state index in [1.165, 1.54) is 18.1 Å². The first-order valence-corrected chi connectivity index (χ1v) is 15.1. The Bertz CT molecular complexity index is 1110. The van der Waals surface area contributed by atoms with E-state index in [-0.39, 0.29) is 58.0 Å². The molecule has 5 fully saturated rings. The number of carboxylic acids is 1. The minimum atomic E-state index is -0.879. The fourth-order valence-electron chi connectivity index (χ4n) is 10.8. The topological polar surface area (TPSA) is 136 Å². The Morgan fingerprint density at radius 3 is 2.28 bits per heavy atom. The molecule has 0 aromatic rings. The smallest absolute Gasteiger partial charge is 0.331 e. The molecule has 5 aliphatic carbocycles. The van der Waals surface area contributed by atoms with Crippen LogP contribution < -0.4 is 11.5 Å². The Morgan fingerprint density at radius 2 is 1.69 bits per heavy atom. The molecule has 0 bridgehead atoms. The van der Waals surface area contributed by atoms with Crippen molar-refractivity contribution < 1.29 is 24.5 Å². The van der Waals surface area contributed by atoms with E-state index in [9.17, 15) is 19.8 Å². The van der Waals surface area contributed by atoms with E-state index in [2.05, 4.69) is 34.6 Å². The molecule has 0 spiro atoms. The molecule has 0 aliphatic heterocycles. The Kier molecular flexibility index (Phi) is 7.16. The van der Waals surface area contributed by atoms with Crippen molar-refractivity contribution in [3.05, 3.63) is 22.3 Å². The monoisotopic (exact) mass is 542 g/mol. The zero-order valence-electron chi connectivity index (χ0n) is 24.8. The third-order valence-electron chi connectivity index (χ3n) is 12.7. The van der Waals surface area contributed by atoms with E-state index in [0.29, 0.717) is 24.8 Å². The maximum Gasteiger partial charge on any atom is 0.331 e. The van der Waals surface area contributed by atoms with Gasteiger partial charge >= 0.3 is 11.9 Å². The number of allylic oxidation sites excluding steroid dienone is 2. The highest BCUT2D eigenvalue weighted by Crippen LogP contribution is 2.74. The van der Waals surface area contributed by atoms with Gasteiger partial charge in [-0.2, -0.15) is 0 Å². The molecular weight excluding hydrogens is 492 g/mol. The van der Waals surface area contributed by atoms with Crippen LogP contribution in [-0.4, -0.2) is 46.4 Å². The van der Waals surface area contributed by atoms with Gasteiger partial charge in [-0.15, -0.1) is 0 Å². The summed E-state index contributed by atoms with van der Waals surface area (Å²) in [7, 11) is 0. The number of nitrogens with two attached hydrogens (primary N) is 2. The van der Waals surface area contributed by atoms with Crippen LogP contribution in [0.15, 0.2) is 22.3 Å². The van der Waals surface area contributed by atoms with E-state index >= 15 is 0 Å². The summed E-state index contributed by atoms with van der Waals surface area (Å²) in [5, 5.41) is 21.3. The molecule has 7 heteroatoms. The van der Waals surface area contributed by atoms with Gasteiger partial charge in [0.1, 0.15) is 6.10 Å². The Labute approximate surface area is 233 Å². The van der Waals surface area contributed by atoms with Crippen LogP contribution in [0.5, 0.6) is 0 Å². The van der Waals surface area contributed by atoms with Gasteiger partial charge in [-0.25, -0.2) is 4.79 Å². The number of carbonyl (C=O) groups excluding carboxylic acids is 1. The van der Waals surface area contributed by atoms with Gasteiger partial charge in [0.2, 0.25) is 0 Å². The molecule has 0 radical (unpaired) electrons. The summed E-state index contributed by atoms with van der Waals surface area (Å²) in [6.45, 7) is 12.7. The number of fused-ring (bicyclic) bond motifs is 5. The highest BCUT2D eigenvalue weighted by atomic mass is 16.5. The normalized spacial score (nSPS) is 48.6. The molecule has 5 aliphatic rings. The molecule has 7 nitrogen and oxygen atoms in total. The molecule has 5 saturated carbocycles. The lowest BCUT2D eigenvalue weighted by atomic mass is 9.36. The zero-order valence-corrected chi connectivity index (χ0v) is 24.8. The standard InChI is InChI=1S/C32H50N2O5/c1-16(2)18-7-8-19(13-18)25(29(37)38)26-21-14-22(33)28-30(4)11-10-23(36)27(34)20(30)9-12-31(28,5)32(21,6)15-24(26)39-17(3)35/h19-24,27-28,36H,7-15,33-34H2,1-6H3,(H,37,38)/b26-25-/t19?,20-,21-,22+,23+,24-,27-,28-,30-,31-,32-/m0/s1. The van der Waals surface area contributed by atoms with Crippen LogP contribution in [0, 0.1) is 39.9 Å². The molecule has 0 amide bonds. The maximum absolute atomic E-state index is 13.0. The number of hydrogen-bond acceptors (Lipinski definition) is 6. The second kappa shape index (κ2) is 9.70.